The van der Waals surface area contributed by atoms with Crippen molar-refractivity contribution in [3.8, 4) is 11.1 Å². The van der Waals surface area contributed by atoms with E-state index in [0.29, 0.717) is 0 Å². The fourth-order valence-electron chi connectivity index (χ4n) is 3.32. The van der Waals surface area contributed by atoms with Gasteiger partial charge in [-0.15, -0.1) is 0 Å². The smallest absolute Gasteiger partial charge is 0.407 e. The van der Waals surface area contributed by atoms with E-state index < -0.39 is 24.0 Å². The normalized spacial score (nSPS) is 13.7. The third-order valence-corrected chi connectivity index (χ3v) is 4.60. The second-order valence-electron chi connectivity index (χ2n) is 6.35. The molecule has 1 aliphatic rings. The van der Waals surface area contributed by atoms with Gasteiger partial charge in [0.15, 0.2) is 0 Å². The molecule has 27 heavy (non-hydrogen) atoms. The number of benzene rings is 2. The lowest BCUT2D eigenvalue weighted by Crippen LogP contribution is -2.42. The van der Waals surface area contributed by atoms with Crippen LogP contribution in [0.15, 0.2) is 48.5 Å². The Morgan fingerprint density at radius 1 is 1.11 bits per heavy atom. The average Bonchev–Trinajstić information content (AvgIpc) is 3.02. The number of ether oxygens (including phenoxy) is 1. The Labute approximate surface area is 157 Å². The number of carbonyl (C=O) groups is 3. The van der Waals surface area contributed by atoms with Gasteiger partial charge in [-0.25, -0.2) is 9.59 Å². The number of amides is 2. The number of hydrogen-bond donors (Lipinski definition) is 3. The summed E-state index contributed by atoms with van der Waals surface area (Å²) in [7, 11) is 0. The minimum atomic E-state index is -1.18. The lowest BCUT2D eigenvalue weighted by molar-refractivity contribution is -0.139. The predicted octanol–water partition coefficient (Wildman–Crippen LogP) is 2.24. The molecule has 3 rings (SSSR count). The molecule has 0 fully saturated rings. The van der Waals surface area contributed by atoms with Gasteiger partial charge in [0.2, 0.25) is 5.91 Å². The molecule has 2 amide bonds. The van der Waals surface area contributed by atoms with Gasteiger partial charge in [0.05, 0.1) is 0 Å². The van der Waals surface area contributed by atoms with Gasteiger partial charge in [-0.05, 0) is 28.7 Å². The van der Waals surface area contributed by atoms with Crippen LogP contribution >= 0.6 is 0 Å². The molecule has 0 spiro atoms. The molecule has 7 nitrogen and oxygen atoms in total. The average molecular weight is 369 g/mol. The van der Waals surface area contributed by atoms with Crippen molar-refractivity contribution in [1.29, 1.82) is 1.43 Å². The van der Waals surface area contributed by atoms with Crippen LogP contribution in [0.3, 0.4) is 0 Å². The van der Waals surface area contributed by atoms with Crippen molar-refractivity contribution in [3.05, 3.63) is 59.7 Å². The van der Waals surface area contributed by atoms with Crippen LogP contribution in [0.4, 0.5) is 4.79 Å². The van der Waals surface area contributed by atoms with Crippen LogP contribution in [0.1, 0.15) is 29.9 Å². The molecule has 7 heteroatoms. The van der Waals surface area contributed by atoms with E-state index in [1.165, 1.54) is 0 Å². The molecule has 140 valence electrons. The standard InChI is InChI=1S/C20H20N2O5/c21-18(23)10-9-17(19(24)25)22-20(26)27-11-16-14-7-3-1-5-12(14)13-6-2-4-8-15(13)16/h1-8,16-17H,9-11H2,(H2,21,23)(H,22,26)(H,24,25)/t17-/m0/s1/i/hD. The van der Waals surface area contributed by atoms with Gasteiger partial charge in [-0.1, -0.05) is 48.5 Å². The largest absolute Gasteiger partial charge is 0.480 e. The van der Waals surface area contributed by atoms with Crippen LogP contribution < -0.4 is 11.1 Å². The highest BCUT2D eigenvalue weighted by atomic mass is 16.5. The third kappa shape index (κ3) is 4.08. The van der Waals surface area contributed by atoms with Crippen LogP contribution in [0.5, 0.6) is 0 Å². The van der Waals surface area contributed by atoms with Gasteiger partial charge in [0, 0.05) is 12.3 Å². The highest BCUT2D eigenvalue weighted by Gasteiger charge is 2.29. The molecule has 0 unspecified atom stereocenters. The number of alkyl carbamates (subject to hydrolysis) is 1. The zero-order valence-corrected chi connectivity index (χ0v) is 14.5. The Bertz CT molecular complexity index is 856. The van der Waals surface area contributed by atoms with Crippen LogP contribution in [0.25, 0.3) is 12.6 Å². The lowest BCUT2D eigenvalue weighted by atomic mass is 9.98. The number of nitrogens with one attached hydrogen (secondary N) is 1. The number of hydrogen-bond acceptors (Lipinski definition) is 5. The molecule has 0 radical (unpaired) electrons. The van der Waals surface area contributed by atoms with E-state index >= 15 is 0 Å². The summed E-state index contributed by atoms with van der Waals surface area (Å²) in [5.41, 5.74) is 9.39. The van der Waals surface area contributed by atoms with Gasteiger partial charge in [-0.3, -0.25) is 4.79 Å². The molecular formula is C20H20N2O5. The Balaban J connectivity index is 1.67. The summed E-state index contributed by atoms with van der Waals surface area (Å²) < 4.78 is 12.0. The summed E-state index contributed by atoms with van der Waals surface area (Å²) in [5, 5.41) is 6.24. The first-order chi connectivity index (χ1) is 13.5. The summed E-state index contributed by atoms with van der Waals surface area (Å²) in [6, 6.07) is 14.6. The summed E-state index contributed by atoms with van der Waals surface area (Å²) in [6.07, 6.45) is -1.04. The van der Waals surface area contributed by atoms with E-state index in [9.17, 15) is 14.4 Å². The van der Waals surface area contributed by atoms with E-state index in [2.05, 4.69) is 10.4 Å². The molecule has 2 aromatic carbocycles. The maximum Gasteiger partial charge on any atom is 0.407 e. The minimum Gasteiger partial charge on any atom is -0.480 e. The molecule has 1 aliphatic carbocycles. The Kier molecular flexibility index (Phi) is 5.00. The summed E-state index contributed by atoms with van der Waals surface area (Å²) in [5.74, 6) is -1.74. The zero-order valence-electron chi connectivity index (χ0n) is 15.5. The van der Waals surface area contributed by atoms with Crippen molar-refractivity contribution in [3.63, 3.8) is 0 Å². The minimum absolute atomic E-state index is 0.0722. The van der Waals surface area contributed by atoms with Crippen molar-refractivity contribution in [2.45, 2.75) is 24.8 Å². The molecule has 0 aliphatic heterocycles. The monoisotopic (exact) mass is 369 g/mol. The summed E-state index contributed by atoms with van der Waals surface area (Å²) >= 11 is 0. The van der Waals surface area contributed by atoms with Crippen molar-refractivity contribution >= 4 is 18.0 Å². The Morgan fingerprint density at radius 2 is 1.70 bits per heavy atom. The fraction of sp³-hybridized carbons (Fsp3) is 0.250. The highest BCUT2D eigenvalue weighted by Crippen LogP contribution is 2.44. The van der Waals surface area contributed by atoms with Gasteiger partial charge in [0.1, 0.15) is 12.6 Å². The first-order valence-electron chi connectivity index (χ1n) is 8.99. The molecule has 0 bridgehead atoms. The number of rotatable bonds is 7. The summed E-state index contributed by atoms with van der Waals surface area (Å²) in [4.78, 5) is 34.7. The van der Waals surface area contributed by atoms with E-state index in [1.54, 1.807) is 0 Å². The third-order valence-electron chi connectivity index (χ3n) is 4.60. The molecule has 2 aromatic rings. The van der Waals surface area contributed by atoms with Crippen molar-refractivity contribution < 1.29 is 24.2 Å². The highest BCUT2D eigenvalue weighted by molar-refractivity contribution is 5.82. The van der Waals surface area contributed by atoms with E-state index in [0.717, 1.165) is 22.3 Å². The Hall–Kier alpha value is -3.35. The number of aliphatic carboxylic acids is 1. The maximum atomic E-state index is 12.2. The quantitative estimate of drug-likeness (QED) is 0.692. The molecular weight excluding hydrogens is 348 g/mol. The van der Waals surface area contributed by atoms with E-state index in [4.69, 9.17) is 11.9 Å². The number of carboxylic acid groups (broad SMARTS) is 1. The van der Waals surface area contributed by atoms with Gasteiger partial charge in [-0.2, -0.15) is 0 Å². The molecule has 0 aromatic heterocycles. The number of carbonyl (C=O) groups excluding carboxylic acids is 2. The predicted molar refractivity (Wildman–Crippen MR) is 98.1 cm³/mol. The number of carboxylic acids is 1. The van der Waals surface area contributed by atoms with Crippen LogP contribution in [-0.4, -0.2) is 35.7 Å². The molecule has 4 N–H and O–H groups in total. The van der Waals surface area contributed by atoms with Gasteiger partial charge >= 0.3 is 12.1 Å². The van der Waals surface area contributed by atoms with Crippen LogP contribution in [-0.2, 0) is 14.3 Å². The van der Waals surface area contributed by atoms with E-state index in [-0.39, 0.29) is 25.4 Å². The van der Waals surface area contributed by atoms with Crippen molar-refractivity contribution in [2.75, 3.05) is 6.61 Å². The van der Waals surface area contributed by atoms with Crippen molar-refractivity contribution in [2.24, 2.45) is 5.73 Å². The van der Waals surface area contributed by atoms with Crippen LogP contribution in [0, 0.1) is 0 Å². The second kappa shape index (κ2) is 7.90. The molecule has 1 atom stereocenters. The first kappa shape index (κ1) is 17.1. The van der Waals surface area contributed by atoms with Gasteiger partial charge in [0.25, 0.3) is 1.43 Å². The molecule has 0 saturated carbocycles. The maximum absolute atomic E-state index is 12.2. The van der Waals surface area contributed by atoms with Gasteiger partial charge < -0.3 is 20.9 Å². The second-order valence-corrected chi connectivity index (χ2v) is 6.35. The number of primary amides is 1. The molecule has 0 saturated heterocycles. The van der Waals surface area contributed by atoms with Crippen LogP contribution in [0.2, 0.25) is 0 Å². The van der Waals surface area contributed by atoms with Crippen molar-refractivity contribution in [1.82, 2.24) is 5.32 Å². The number of nitrogens with two attached hydrogens (primary N) is 1. The van der Waals surface area contributed by atoms with E-state index in [1.807, 2.05) is 48.5 Å². The first-order valence-corrected chi connectivity index (χ1v) is 8.58. The topological polar surface area (TPSA) is 119 Å². The fourth-order valence-corrected chi connectivity index (χ4v) is 3.32. The number of fused-ring (bicyclic) bond motifs is 3. The summed E-state index contributed by atoms with van der Waals surface area (Å²) in [6.45, 7) is 0.0817. The SMILES string of the molecule is [2H]OC(=O)[C@H](CCC(N)=O)NC(=O)OCC1c2ccccc2-c2ccccc21. The zero-order chi connectivity index (χ0) is 20.1. The lowest BCUT2D eigenvalue weighted by Gasteiger charge is -2.17. The molecule has 0 heterocycles. The Morgan fingerprint density at radius 3 is 2.26 bits per heavy atom.